The number of aryl methyl sites for hydroxylation is 2. The van der Waals surface area contributed by atoms with Crippen LogP contribution in [0.4, 0.5) is 5.82 Å². The van der Waals surface area contributed by atoms with Gasteiger partial charge in [-0.15, -0.1) is 0 Å². The number of aliphatic hydroxyl groups excluding tert-OH is 1. The molecule has 2 aliphatic heterocycles. The minimum Gasteiger partial charge on any atom is -0.508 e. The van der Waals surface area contributed by atoms with E-state index in [1.54, 1.807) is 18.2 Å². The van der Waals surface area contributed by atoms with Crippen LogP contribution in [0, 0.1) is 5.92 Å². The summed E-state index contributed by atoms with van der Waals surface area (Å²) in [6.07, 6.45) is 9.72. The summed E-state index contributed by atoms with van der Waals surface area (Å²) >= 11 is 0. The van der Waals surface area contributed by atoms with Crippen LogP contribution >= 0.6 is 0 Å². The number of ether oxygens (including phenoxy) is 1. The number of ketones is 2. The van der Waals surface area contributed by atoms with E-state index in [9.17, 15) is 24.9 Å². The predicted molar refractivity (Wildman–Crippen MR) is 208 cm³/mol. The van der Waals surface area contributed by atoms with Crippen LogP contribution in [-0.2, 0) is 41.7 Å². The normalized spacial score (nSPS) is 19.3. The van der Waals surface area contributed by atoms with E-state index in [0.717, 1.165) is 74.4 Å². The second-order valence-corrected chi connectivity index (χ2v) is 15.1. The van der Waals surface area contributed by atoms with E-state index in [2.05, 4.69) is 39.6 Å². The maximum absolute atomic E-state index is 14.5. The highest BCUT2D eigenvalue weighted by Gasteiger charge is 2.38. The van der Waals surface area contributed by atoms with Crippen LogP contribution in [0.25, 0.3) is 6.08 Å². The Hall–Kier alpha value is -5.54. The number of hydrogen-bond donors (Lipinski definition) is 6. The number of phenols is 2. The summed E-state index contributed by atoms with van der Waals surface area (Å²) in [4.78, 5) is 35.0. The largest absolute Gasteiger partial charge is 0.508 e. The fourth-order valence-electron chi connectivity index (χ4n) is 8.74. The Bertz CT molecular complexity index is 2210. The summed E-state index contributed by atoms with van der Waals surface area (Å²) in [7, 11) is 0. The van der Waals surface area contributed by atoms with E-state index in [1.165, 1.54) is 0 Å². The highest BCUT2D eigenvalue weighted by molar-refractivity contribution is 6.02. The number of rotatable bonds is 5. The minimum atomic E-state index is -0.712. The fourth-order valence-corrected chi connectivity index (χ4v) is 8.74. The molecule has 9 nitrogen and oxygen atoms in total. The topological polar surface area (TPSA) is 148 Å². The number of carbonyl (C=O) groups excluding carboxylic acids is 2. The molecule has 0 fully saturated rings. The molecule has 54 heavy (non-hydrogen) atoms. The Morgan fingerprint density at radius 3 is 2.50 bits per heavy atom. The molecule has 0 saturated heterocycles. The van der Waals surface area contributed by atoms with Gasteiger partial charge in [-0.05, 0) is 108 Å². The van der Waals surface area contributed by atoms with E-state index in [-0.39, 0.29) is 41.8 Å². The molecule has 2 aromatic heterocycles. The minimum absolute atomic E-state index is 0.132. The first kappa shape index (κ1) is 35.5. The lowest BCUT2D eigenvalue weighted by Crippen LogP contribution is -2.33. The van der Waals surface area contributed by atoms with Crippen molar-refractivity contribution >= 4 is 23.5 Å². The van der Waals surface area contributed by atoms with Crippen LogP contribution in [0.3, 0.4) is 0 Å². The van der Waals surface area contributed by atoms with E-state index in [4.69, 9.17) is 4.74 Å². The lowest BCUT2D eigenvalue weighted by molar-refractivity contribution is -0.129. The van der Waals surface area contributed by atoms with E-state index in [1.807, 2.05) is 42.7 Å². The maximum Gasteiger partial charge on any atom is 0.164 e. The second kappa shape index (κ2) is 15.4. The molecule has 9 heteroatoms. The van der Waals surface area contributed by atoms with Crippen molar-refractivity contribution in [1.82, 2.24) is 9.97 Å². The van der Waals surface area contributed by atoms with Crippen molar-refractivity contribution in [1.29, 1.82) is 0 Å². The number of phenolic OH excluding ortho intramolecular Hbond substituents is 2. The maximum atomic E-state index is 14.5. The van der Waals surface area contributed by atoms with Crippen LogP contribution in [0.1, 0.15) is 88.2 Å². The third kappa shape index (κ3) is 7.59. The van der Waals surface area contributed by atoms with Gasteiger partial charge in [0.2, 0.25) is 0 Å². The highest BCUT2D eigenvalue weighted by Crippen LogP contribution is 2.44. The van der Waals surface area contributed by atoms with Crippen molar-refractivity contribution in [3.8, 4) is 17.2 Å². The van der Waals surface area contributed by atoms with Gasteiger partial charge < -0.3 is 35.3 Å². The van der Waals surface area contributed by atoms with Gasteiger partial charge in [0.15, 0.2) is 11.5 Å². The zero-order chi connectivity index (χ0) is 37.2. The molecule has 8 rings (SSSR count). The van der Waals surface area contributed by atoms with Gasteiger partial charge >= 0.3 is 0 Å². The van der Waals surface area contributed by atoms with Crippen LogP contribution in [-0.4, -0.2) is 56.1 Å². The summed E-state index contributed by atoms with van der Waals surface area (Å²) in [5, 5.41) is 36.4. The number of hydrogen-bond acceptors (Lipinski definition) is 7. The summed E-state index contributed by atoms with van der Waals surface area (Å²) in [6, 6.07) is 21.5. The molecule has 5 aromatic rings. The van der Waals surface area contributed by atoms with Crippen molar-refractivity contribution in [2.45, 2.75) is 76.2 Å². The molecule has 0 radical (unpaired) electrons. The SMILES string of the molecule is O=C1CCc2cc(c(O)c3c2CCCO3)Cc2cccc(c2)Cc2cc[nH]c2NCC2=Cc3[nH]ccc3C(CC(O)CCc3cccc(O)c3)C2C(=O)C1. The standard InChI is InChI=1S/C45H47N3O6/c49-34-7-2-4-27(21-34)9-11-35(50)24-39-38-14-16-46-40(38)23-33-26-48-45-31(13-15-47-45)19-28-5-1-6-29(18-28)20-32-22-30(10-12-36(51)25-41(52)42(33)39)37-8-3-17-54-44(37)43(32)53/h1-2,4-7,13-16,18,21-23,35,39,42,46-50,53H,3,8-12,17,19-20,24-26H2. The van der Waals surface area contributed by atoms with Gasteiger partial charge in [0, 0.05) is 66.9 Å². The molecule has 3 aliphatic rings. The molecule has 4 heterocycles. The number of H-pyrrole nitrogens is 2. The first-order valence-electron chi connectivity index (χ1n) is 19.1. The fraction of sp³-hybridized carbons (Fsp3) is 0.333. The average Bonchev–Trinajstić information content (AvgIpc) is 3.83. The van der Waals surface area contributed by atoms with Gasteiger partial charge in [-0.2, -0.15) is 0 Å². The number of nitrogens with one attached hydrogen (secondary N) is 3. The van der Waals surface area contributed by atoms with E-state index in [0.29, 0.717) is 57.4 Å². The number of aromatic hydroxyl groups is 2. The van der Waals surface area contributed by atoms with Crippen LogP contribution < -0.4 is 10.1 Å². The Balaban J connectivity index is 1.13. The number of aromatic amines is 2. The number of aromatic nitrogens is 2. The molecule has 3 aromatic carbocycles. The molecule has 0 saturated carbocycles. The molecule has 4 bridgehead atoms. The van der Waals surface area contributed by atoms with Gasteiger partial charge in [0.25, 0.3) is 0 Å². The molecule has 1 aliphatic carbocycles. The lowest BCUT2D eigenvalue weighted by atomic mass is 9.71. The average molecular weight is 726 g/mol. The molecular weight excluding hydrogens is 679 g/mol. The Kier molecular flexibility index (Phi) is 10.1. The van der Waals surface area contributed by atoms with Crippen molar-refractivity contribution in [2.24, 2.45) is 5.92 Å². The number of fused-ring (bicyclic) bond motifs is 9. The number of Topliss-reactive ketones (excluding diaryl/α,β-unsaturated/α-hetero) is 2. The zero-order valence-corrected chi connectivity index (χ0v) is 30.4. The van der Waals surface area contributed by atoms with Crippen molar-refractivity contribution in [3.05, 3.63) is 135 Å². The number of carbonyl (C=O) groups is 2. The van der Waals surface area contributed by atoms with E-state index < -0.39 is 12.0 Å². The zero-order valence-electron chi connectivity index (χ0n) is 30.4. The van der Waals surface area contributed by atoms with Crippen molar-refractivity contribution in [2.75, 3.05) is 18.5 Å². The summed E-state index contributed by atoms with van der Waals surface area (Å²) in [6.45, 7) is 0.912. The summed E-state index contributed by atoms with van der Waals surface area (Å²) < 4.78 is 6.02. The first-order chi connectivity index (χ1) is 26.3. The van der Waals surface area contributed by atoms with E-state index >= 15 is 0 Å². The Morgan fingerprint density at radius 1 is 0.833 bits per heavy atom. The van der Waals surface area contributed by atoms with Gasteiger partial charge in [-0.1, -0.05) is 42.5 Å². The molecule has 0 amide bonds. The number of anilines is 1. The second-order valence-electron chi connectivity index (χ2n) is 15.1. The number of benzene rings is 3. The molecule has 6 N–H and O–H groups in total. The molecule has 278 valence electrons. The molecule has 3 atom stereocenters. The third-order valence-corrected chi connectivity index (χ3v) is 11.4. The van der Waals surface area contributed by atoms with Crippen molar-refractivity contribution in [3.63, 3.8) is 0 Å². The van der Waals surface area contributed by atoms with Gasteiger partial charge in [-0.25, -0.2) is 0 Å². The third-order valence-electron chi connectivity index (χ3n) is 11.4. The lowest BCUT2D eigenvalue weighted by Gasteiger charge is -2.34. The first-order valence-corrected chi connectivity index (χ1v) is 19.1. The summed E-state index contributed by atoms with van der Waals surface area (Å²) in [5.41, 5.74) is 9.63. The van der Waals surface area contributed by atoms with Gasteiger partial charge in [0.05, 0.1) is 19.1 Å². The van der Waals surface area contributed by atoms with Crippen LogP contribution in [0.15, 0.2) is 84.7 Å². The Labute approximate surface area is 315 Å². The quantitative estimate of drug-likeness (QED) is 0.104. The molecule has 0 spiro atoms. The smallest absolute Gasteiger partial charge is 0.164 e. The van der Waals surface area contributed by atoms with Gasteiger partial charge in [0.1, 0.15) is 23.1 Å². The van der Waals surface area contributed by atoms with Crippen molar-refractivity contribution < 1.29 is 29.6 Å². The predicted octanol–water partition coefficient (Wildman–Crippen LogP) is 7.33. The highest BCUT2D eigenvalue weighted by atomic mass is 16.5. The Morgan fingerprint density at radius 2 is 1.65 bits per heavy atom. The molecular formula is C45H47N3O6. The summed E-state index contributed by atoms with van der Waals surface area (Å²) in [5.74, 6) is 0.502. The number of aliphatic hydroxyl groups is 1. The van der Waals surface area contributed by atoms with Gasteiger partial charge in [-0.3, -0.25) is 9.59 Å². The van der Waals surface area contributed by atoms with Crippen LogP contribution in [0.5, 0.6) is 17.2 Å². The van der Waals surface area contributed by atoms with Crippen LogP contribution in [0.2, 0.25) is 0 Å². The molecule has 3 unspecified atom stereocenters. The monoisotopic (exact) mass is 725 g/mol.